The largest absolute Gasteiger partial charge is 0.497 e. The second-order valence-corrected chi connectivity index (χ2v) is 8.11. The van der Waals surface area contributed by atoms with Crippen LogP contribution >= 0.6 is 23.1 Å². The summed E-state index contributed by atoms with van der Waals surface area (Å²) in [4.78, 5) is 16.4. The zero-order valence-electron chi connectivity index (χ0n) is 15.0. The number of fused-ring (bicyclic) bond motifs is 1. The van der Waals surface area contributed by atoms with Crippen molar-refractivity contribution < 1.29 is 9.66 Å². The number of nitro benzene ring substituents is 1. The summed E-state index contributed by atoms with van der Waals surface area (Å²) in [7, 11) is 1.63. The average molecular weight is 409 g/mol. The van der Waals surface area contributed by atoms with Crippen molar-refractivity contribution in [3.8, 4) is 16.3 Å². The molecule has 0 saturated carbocycles. The first-order valence-electron chi connectivity index (χ1n) is 8.54. The zero-order valence-corrected chi connectivity index (χ0v) is 16.6. The summed E-state index contributed by atoms with van der Waals surface area (Å²) >= 11 is 3.04. The van der Waals surface area contributed by atoms with E-state index in [1.165, 1.54) is 11.8 Å². The van der Waals surface area contributed by atoms with E-state index in [9.17, 15) is 10.1 Å². The predicted molar refractivity (Wildman–Crippen MR) is 114 cm³/mol. The monoisotopic (exact) mass is 408 g/mol. The van der Waals surface area contributed by atoms with Gasteiger partial charge in [0.25, 0.3) is 5.69 Å². The molecule has 5 nitrogen and oxygen atoms in total. The number of hydrogen-bond donors (Lipinski definition) is 0. The Balaban J connectivity index is 1.64. The number of rotatable bonds is 6. The molecule has 3 aromatic carbocycles. The first-order valence-corrected chi connectivity index (χ1v) is 10.3. The summed E-state index contributed by atoms with van der Waals surface area (Å²) in [6, 6.07) is 20.9. The molecule has 1 heterocycles. The Labute approximate surface area is 170 Å². The lowest BCUT2D eigenvalue weighted by molar-refractivity contribution is -0.387. The van der Waals surface area contributed by atoms with E-state index in [0.717, 1.165) is 32.1 Å². The van der Waals surface area contributed by atoms with Crippen molar-refractivity contribution in [2.45, 2.75) is 10.6 Å². The SMILES string of the molecule is COc1ccc(CSc2cc(-c3nc4ccccc4s3)ccc2[N+](=O)[O-])cc1. The number of aromatic nitrogens is 1. The van der Waals surface area contributed by atoms with Crippen molar-refractivity contribution in [3.63, 3.8) is 0 Å². The third kappa shape index (κ3) is 3.85. The maximum absolute atomic E-state index is 11.5. The van der Waals surface area contributed by atoms with E-state index >= 15 is 0 Å². The van der Waals surface area contributed by atoms with Gasteiger partial charge in [-0.1, -0.05) is 24.3 Å². The second-order valence-electron chi connectivity index (χ2n) is 6.06. The lowest BCUT2D eigenvalue weighted by Gasteiger charge is -2.06. The zero-order chi connectivity index (χ0) is 19.5. The summed E-state index contributed by atoms with van der Waals surface area (Å²) in [5.74, 6) is 1.42. The minimum Gasteiger partial charge on any atom is -0.497 e. The van der Waals surface area contributed by atoms with E-state index < -0.39 is 0 Å². The quantitative estimate of drug-likeness (QED) is 0.217. The molecule has 140 valence electrons. The molecule has 0 N–H and O–H groups in total. The molecule has 0 atom stereocenters. The molecule has 0 radical (unpaired) electrons. The first-order chi connectivity index (χ1) is 13.6. The normalized spacial score (nSPS) is 10.9. The number of nitro groups is 1. The van der Waals surface area contributed by atoms with E-state index in [2.05, 4.69) is 4.98 Å². The van der Waals surface area contributed by atoms with Gasteiger partial charge in [-0.2, -0.15) is 0 Å². The van der Waals surface area contributed by atoms with Gasteiger partial charge in [0.1, 0.15) is 10.8 Å². The molecule has 28 heavy (non-hydrogen) atoms. The molecule has 0 fully saturated rings. The molecule has 1 aromatic heterocycles. The van der Waals surface area contributed by atoms with E-state index in [1.807, 2.05) is 54.6 Å². The van der Waals surface area contributed by atoms with E-state index in [-0.39, 0.29) is 10.6 Å². The third-order valence-corrected chi connectivity index (χ3v) is 6.45. The molecule has 7 heteroatoms. The number of nitrogens with zero attached hydrogens (tertiary/aromatic N) is 2. The van der Waals surface area contributed by atoms with Gasteiger partial charge in [-0.25, -0.2) is 4.98 Å². The number of para-hydroxylation sites is 1. The van der Waals surface area contributed by atoms with Crippen molar-refractivity contribution in [1.29, 1.82) is 0 Å². The molecule has 0 aliphatic carbocycles. The van der Waals surface area contributed by atoms with Crippen LogP contribution in [0.15, 0.2) is 71.6 Å². The number of ether oxygens (including phenoxy) is 1. The highest BCUT2D eigenvalue weighted by atomic mass is 32.2. The fourth-order valence-corrected chi connectivity index (χ4v) is 4.77. The number of thioether (sulfide) groups is 1. The lowest BCUT2D eigenvalue weighted by Crippen LogP contribution is -1.92. The van der Waals surface area contributed by atoms with Crippen LogP contribution in [0, 0.1) is 10.1 Å². The van der Waals surface area contributed by atoms with Gasteiger partial charge in [0.15, 0.2) is 0 Å². The molecular weight excluding hydrogens is 392 g/mol. The van der Waals surface area contributed by atoms with Crippen molar-refractivity contribution in [3.05, 3.63) is 82.4 Å². The van der Waals surface area contributed by atoms with E-state index in [4.69, 9.17) is 4.74 Å². The van der Waals surface area contributed by atoms with Crippen molar-refractivity contribution in [2.24, 2.45) is 0 Å². The fourth-order valence-electron chi connectivity index (χ4n) is 2.79. The molecule has 0 aliphatic rings. The molecule has 4 aromatic rings. The molecule has 0 aliphatic heterocycles. The molecule has 0 unspecified atom stereocenters. The van der Waals surface area contributed by atoms with Gasteiger partial charge in [0.2, 0.25) is 0 Å². The Morgan fingerprint density at radius 2 is 1.89 bits per heavy atom. The Morgan fingerprint density at radius 1 is 1.11 bits per heavy atom. The van der Waals surface area contributed by atoms with Gasteiger partial charge in [-0.05, 0) is 42.0 Å². The summed E-state index contributed by atoms with van der Waals surface area (Å²) in [5, 5.41) is 12.3. The highest BCUT2D eigenvalue weighted by Crippen LogP contribution is 2.37. The summed E-state index contributed by atoms with van der Waals surface area (Å²) in [6.07, 6.45) is 0. The summed E-state index contributed by atoms with van der Waals surface area (Å²) < 4.78 is 6.27. The highest BCUT2D eigenvalue weighted by molar-refractivity contribution is 7.98. The number of hydrogen-bond acceptors (Lipinski definition) is 6. The van der Waals surface area contributed by atoms with Gasteiger partial charge in [-0.15, -0.1) is 23.1 Å². The van der Waals surface area contributed by atoms with E-state index in [0.29, 0.717) is 10.6 Å². The first kappa shape index (κ1) is 18.5. The molecule has 4 rings (SSSR count). The van der Waals surface area contributed by atoms with Crippen LogP contribution in [0.3, 0.4) is 0 Å². The maximum atomic E-state index is 11.5. The fraction of sp³-hybridized carbons (Fsp3) is 0.0952. The predicted octanol–water partition coefficient (Wildman–Crippen LogP) is 6.17. The Morgan fingerprint density at radius 3 is 2.61 bits per heavy atom. The lowest BCUT2D eigenvalue weighted by atomic mass is 10.2. The van der Waals surface area contributed by atoms with Gasteiger partial charge in [0, 0.05) is 17.4 Å². The third-order valence-electron chi connectivity index (χ3n) is 4.25. The van der Waals surface area contributed by atoms with Crippen molar-refractivity contribution in [2.75, 3.05) is 7.11 Å². The minimum atomic E-state index is -0.335. The van der Waals surface area contributed by atoms with Crippen LogP contribution in [-0.2, 0) is 5.75 Å². The van der Waals surface area contributed by atoms with Gasteiger partial charge in [0.05, 0.1) is 27.1 Å². The topological polar surface area (TPSA) is 65.3 Å². The van der Waals surface area contributed by atoms with Crippen LogP contribution in [0.4, 0.5) is 5.69 Å². The standard InChI is InChI=1S/C21H16N2O3S2/c1-26-16-9-6-14(7-10-16)13-27-20-12-15(8-11-18(20)23(24)25)21-22-17-4-2-3-5-19(17)28-21/h2-12H,13H2,1H3. The molecule has 0 bridgehead atoms. The molecule has 0 amide bonds. The Kier molecular flexibility index (Phi) is 5.27. The van der Waals surface area contributed by atoms with Crippen LogP contribution in [0.5, 0.6) is 5.75 Å². The summed E-state index contributed by atoms with van der Waals surface area (Å²) in [5.41, 5.74) is 3.02. The number of thiazole rings is 1. The van der Waals surface area contributed by atoms with Gasteiger partial charge >= 0.3 is 0 Å². The van der Waals surface area contributed by atoms with Gasteiger partial charge in [-0.3, -0.25) is 10.1 Å². The second kappa shape index (κ2) is 8.00. The van der Waals surface area contributed by atoms with Crippen LogP contribution in [0.25, 0.3) is 20.8 Å². The Hall–Kier alpha value is -2.90. The van der Waals surface area contributed by atoms with Crippen LogP contribution in [0.1, 0.15) is 5.56 Å². The average Bonchev–Trinajstić information content (AvgIpc) is 3.16. The van der Waals surface area contributed by atoms with Crippen molar-refractivity contribution >= 4 is 39.0 Å². The van der Waals surface area contributed by atoms with Gasteiger partial charge < -0.3 is 4.74 Å². The van der Waals surface area contributed by atoms with Crippen LogP contribution < -0.4 is 4.74 Å². The van der Waals surface area contributed by atoms with Crippen LogP contribution in [0.2, 0.25) is 0 Å². The Bertz CT molecular complexity index is 1110. The maximum Gasteiger partial charge on any atom is 0.282 e. The van der Waals surface area contributed by atoms with E-state index in [1.54, 1.807) is 30.6 Å². The molecular formula is C21H16N2O3S2. The molecule has 0 saturated heterocycles. The minimum absolute atomic E-state index is 0.114. The summed E-state index contributed by atoms with van der Waals surface area (Å²) in [6.45, 7) is 0. The van der Waals surface area contributed by atoms with Crippen LogP contribution in [-0.4, -0.2) is 17.0 Å². The number of methoxy groups -OCH3 is 1. The number of benzene rings is 3. The molecule has 0 spiro atoms. The highest BCUT2D eigenvalue weighted by Gasteiger charge is 2.17. The van der Waals surface area contributed by atoms with Crippen molar-refractivity contribution in [1.82, 2.24) is 4.98 Å². The smallest absolute Gasteiger partial charge is 0.282 e.